The number of hydrogen-bond acceptors (Lipinski definition) is 6. The van der Waals surface area contributed by atoms with Crippen LogP contribution in [0.15, 0.2) is 72.9 Å². The van der Waals surface area contributed by atoms with E-state index in [1.54, 1.807) is 0 Å². The number of hydrogen-bond donors (Lipinski definition) is 0. The van der Waals surface area contributed by atoms with Gasteiger partial charge in [0.25, 0.3) is 0 Å². The van der Waals surface area contributed by atoms with Gasteiger partial charge in [0.1, 0.15) is 13.2 Å². The van der Waals surface area contributed by atoms with Crippen LogP contribution >= 0.6 is 0 Å². The Hall–Kier alpha value is -3.15. The highest BCUT2D eigenvalue weighted by atomic mass is 16.6. The average molecular weight is 921 g/mol. The Morgan fingerprint density at radius 1 is 0.333 bits per heavy atom. The molecule has 0 saturated carbocycles. The van der Waals surface area contributed by atoms with Gasteiger partial charge in [-0.05, 0) is 103 Å². The van der Waals surface area contributed by atoms with E-state index >= 15 is 0 Å². The lowest BCUT2D eigenvalue weighted by molar-refractivity contribution is -0.167. The molecule has 6 heteroatoms. The van der Waals surface area contributed by atoms with Crippen LogP contribution in [0.5, 0.6) is 0 Å². The van der Waals surface area contributed by atoms with Gasteiger partial charge in [0.2, 0.25) is 0 Å². The molecule has 0 rings (SSSR count). The van der Waals surface area contributed by atoms with Crippen molar-refractivity contribution >= 4 is 17.9 Å². The predicted octanol–water partition coefficient (Wildman–Crippen LogP) is 18.6. The van der Waals surface area contributed by atoms with Gasteiger partial charge in [-0.1, -0.05) is 222 Å². The molecule has 0 aromatic rings. The van der Waals surface area contributed by atoms with E-state index in [1.807, 2.05) is 0 Å². The standard InChI is InChI=1S/C60H104O6/c1-4-7-10-13-16-19-22-25-27-29-31-33-35-38-41-44-47-50-53-59(62)65-56-57(55-64-58(61)52-49-46-43-40-37-24-21-18-15-12-9-6-3)66-60(63)54-51-48-45-42-39-36-34-32-30-28-26-23-20-17-14-11-8-5-2/h9,12,18,21,27,29,31-34,37,40,57H,4-8,10-11,13-17,19-20,22-26,28,30,35-36,38-39,41-56H2,1-3H3/b12-9-,21-18-,29-27-,33-31-,34-32-,40-37-. The van der Waals surface area contributed by atoms with Crippen LogP contribution in [0.3, 0.4) is 0 Å². The summed E-state index contributed by atoms with van der Waals surface area (Å²) in [6.07, 6.45) is 69.0. The summed E-state index contributed by atoms with van der Waals surface area (Å²) in [4.78, 5) is 38.0. The van der Waals surface area contributed by atoms with E-state index in [0.717, 1.165) is 109 Å². The van der Waals surface area contributed by atoms with Crippen LogP contribution in [-0.4, -0.2) is 37.2 Å². The number of unbranched alkanes of at least 4 members (excludes halogenated alkanes) is 28. The molecule has 0 aliphatic carbocycles. The van der Waals surface area contributed by atoms with Crippen molar-refractivity contribution in [2.24, 2.45) is 0 Å². The maximum absolute atomic E-state index is 12.8. The molecule has 0 aromatic heterocycles. The topological polar surface area (TPSA) is 78.9 Å². The zero-order valence-electron chi connectivity index (χ0n) is 43.4. The lowest BCUT2D eigenvalue weighted by Crippen LogP contribution is -2.30. The van der Waals surface area contributed by atoms with Gasteiger partial charge >= 0.3 is 17.9 Å². The van der Waals surface area contributed by atoms with E-state index in [2.05, 4.69) is 93.7 Å². The minimum absolute atomic E-state index is 0.0988. The smallest absolute Gasteiger partial charge is 0.306 e. The molecule has 380 valence electrons. The van der Waals surface area contributed by atoms with Crippen LogP contribution in [-0.2, 0) is 28.6 Å². The number of carbonyl (C=O) groups is 3. The summed E-state index contributed by atoms with van der Waals surface area (Å²) in [6, 6.07) is 0. The van der Waals surface area contributed by atoms with Crippen LogP contribution in [0.4, 0.5) is 0 Å². The molecule has 0 saturated heterocycles. The molecule has 0 amide bonds. The molecular weight excluding hydrogens is 817 g/mol. The van der Waals surface area contributed by atoms with Crippen molar-refractivity contribution in [3.05, 3.63) is 72.9 Å². The summed E-state index contributed by atoms with van der Waals surface area (Å²) >= 11 is 0. The van der Waals surface area contributed by atoms with Gasteiger partial charge in [0, 0.05) is 19.3 Å². The second-order valence-electron chi connectivity index (χ2n) is 18.5. The highest BCUT2D eigenvalue weighted by Gasteiger charge is 2.19. The molecule has 0 bridgehead atoms. The molecule has 6 nitrogen and oxygen atoms in total. The number of ether oxygens (including phenoxy) is 3. The molecule has 1 unspecified atom stereocenters. The third-order valence-corrected chi connectivity index (χ3v) is 11.9. The SMILES string of the molecule is CC/C=C\C/C=C\C/C=C\CCCCC(=O)OCC(COC(=O)CCCCCCC/C=C\C=C/CCCCCCCCC)OC(=O)CCCCCCC/C=C\CCCCCCCCCCC. The van der Waals surface area contributed by atoms with E-state index < -0.39 is 6.10 Å². The first kappa shape index (κ1) is 62.8. The maximum atomic E-state index is 12.8. The average Bonchev–Trinajstić information content (AvgIpc) is 3.31. The Morgan fingerprint density at radius 2 is 0.636 bits per heavy atom. The molecule has 0 aliphatic heterocycles. The number of carbonyl (C=O) groups excluding carboxylic acids is 3. The van der Waals surface area contributed by atoms with Gasteiger partial charge < -0.3 is 14.2 Å². The monoisotopic (exact) mass is 921 g/mol. The first-order valence-corrected chi connectivity index (χ1v) is 28.0. The third kappa shape index (κ3) is 51.8. The van der Waals surface area contributed by atoms with Crippen LogP contribution in [0.2, 0.25) is 0 Å². The zero-order valence-corrected chi connectivity index (χ0v) is 43.4. The van der Waals surface area contributed by atoms with Crippen LogP contribution < -0.4 is 0 Å². The molecule has 66 heavy (non-hydrogen) atoms. The molecule has 0 radical (unpaired) electrons. The molecule has 1 atom stereocenters. The predicted molar refractivity (Wildman–Crippen MR) is 284 cm³/mol. The van der Waals surface area contributed by atoms with Gasteiger partial charge in [-0.15, -0.1) is 0 Å². The number of rotatable bonds is 50. The largest absolute Gasteiger partial charge is 0.462 e. The maximum Gasteiger partial charge on any atom is 0.306 e. The number of esters is 3. The molecule has 0 spiro atoms. The summed E-state index contributed by atoms with van der Waals surface area (Å²) in [6.45, 7) is 6.48. The van der Waals surface area contributed by atoms with Crippen molar-refractivity contribution in [3.63, 3.8) is 0 Å². The second kappa shape index (κ2) is 54.5. The molecular formula is C60H104O6. The number of allylic oxidation sites excluding steroid dienone is 12. The molecule has 0 N–H and O–H groups in total. The van der Waals surface area contributed by atoms with Gasteiger partial charge in [0.15, 0.2) is 6.10 Å². The Labute approximate surface area is 408 Å². The van der Waals surface area contributed by atoms with E-state index in [-0.39, 0.29) is 31.1 Å². The molecule has 0 aliphatic rings. The van der Waals surface area contributed by atoms with Gasteiger partial charge in [-0.3, -0.25) is 14.4 Å². The Bertz CT molecular complexity index is 1240. The minimum atomic E-state index is -0.801. The highest BCUT2D eigenvalue weighted by molar-refractivity contribution is 5.71. The Balaban J connectivity index is 4.42. The summed E-state index contributed by atoms with van der Waals surface area (Å²) < 4.78 is 16.8. The quantitative estimate of drug-likeness (QED) is 0.0199. The van der Waals surface area contributed by atoms with Crippen molar-refractivity contribution in [1.82, 2.24) is 0 Å². The highest BCUT2D eigenvalue weighted by Crippen LogP contribution is 2.14. The van der Waals surface area contributed by atoms with Gasteiger partial charge in [-0.2, -0.15) is 0 Å². The van der Waals surface area contributed by atoms with Crippen LogP contribution in [0.1, 0.15) is 271 Å². The first-order chi connectivity index (χ1) is 32.5. The lowest BCUT2D eigenvalue weighted by Gasteiger charge is -2.18. The fraction of sp³-hybridized carbons (Fsp3) is 0.750. The van der Waals surface area contributed by atoms with Crippen LogP contribution in [0.25, 0.3) is 0 Å². The van der Waals surface area contributed by atoms with E-state index in [0.29, 0.717) is 19.3 Å². The van der Waals surface area contributed by atoms with Crippen molar-refractivity contribution in [1.29, 1.82) is 0 Å². The van der Waals surface area contributed by atoms with Crippen molar-refractivity contribution in [2.45, 2.75) is 277 Å². The summed E-state index contributed by atoms with van der Waals surface area (Å²) in [5.74, 6) is -0.956. The Kier molecular flexibility index (Phi) is 51.9. The second-order valence-corrected chi connectivity index (χ2v) is 18.5. The van der Waals surface area contributed by atoms with Gasteiger partial charge in [-0.25, -0.2) is 0 Å². The van der Waals surface area contributed by atoms with E-state index in [1.165, 1.54) is 122 Å². The zero-order chi connectivity index (χ0) is 47.9. The van der Waals surface area contributed by atoms with Crippen molar-refractivity contribution in [2.75, 3.05) is 13.2 Å². The fourth-order valence-corrected chi connectivity index (χ4v) is 7.74. The summed E-state index contributed by atoms with van der Waals surface area (Å²) in [5.41, 5.74) is 0. The van der Waals surface area contributed by atoms with Crippen LogP contribution in [0, 0.1) is 0 Å². The molecule has 0 fully saturated rings. The van der Waals surface area contributed by atoms with Gasteiger partial charge in [0.05, 0.1) is 0 Å². The molecule has 0 heterocycles. The first-order valence-electron chi connectivity index (χ1n) is 28.0. The van der Waals surface area contributed by atoms with E-state index in [9.17, 15) is 14.4 Å². The normalized spacial score (nSPS) is 12.6. The minimum Gasteiger partial charge on any atom is -0.462 e. The molecule has 0 aromatic carbocycles. The van der Waals surface area contributed by atoms with Crippen molar-refractivity contribution in [3.8, 4) is 0 Å². The summed E-state index contributed by atoms with van der Waals surface area (Å²) in [7, 11) is 0. The fourth-order valence-electron chi connectivity index (χ4n) is 7.74. The van der Waals surface area contributed by atoms with E-state index in [4.69, 9.17) is 14.2 Å². The summed E-state index contributed by atoms with van der Waals surface area (Å²) in [5, 5.41) is 0. The van der Waals surface area contributed by atoms with Crippen molar-refractivity contribution < 1.29 is 28.6 Å². The Morgan fingerprint density at radius 3 is 1.06 bits per heavy atom. The lowest BCUT2D eigenvalue weighted by atomic mass is 10.1. The third-order valence-electron chi connectivity index (χ3n) is 11.9.